The zero-order chi connectivity index (χ0) is 17.5. The van der Waals surface area contributed by atoms with Crippen LogP contribution in [0.15, 0.2) is 47.4 Å². The number of nitrogens with zero attached hydrogens (tertiary/aromatic N) is 1. The second-order valence-corrected chi connectivity index (χ2v) is 18.5. The zero-order valence-electron chi connectivity index (χ0n) is 16.0. The minimum Gasteiger partial charge on any atom is -0.256 e. The highest BCUT2D eigenvalue weighted by Gasteiger charge is 2.37. The van der Waals surface area contributed by atoms with Crippen molar-refractivity contribution in [3.63, 3.8) is 0 Å². The van der Waals surface area contributed by atoms with E-state index >= 15 is 0 Å². The first kappa shape index (κ1) is 18.1. The fourth-order valence-electron chi connectivity index (χ4n) is 3.52. The molecule has 23 heavy (non-hydrogen) atoms. The Balaban J connectivity index is 2.73. The van der Waals surface area contributed by atoms with Crippen LogP contribution in [0.25, 0.3) is 10.9 Å². The van der Waals surface area contributed by atoms with Crippen molar-refractivity contribution in [3.8, 4) is 0 Å². The molecule has 0 aliphatic rings. The van der Waals surface area contributed by atoms with Crippen molar-refractivity contribution in [1.29, 1.82) is 0 Å². The summed E-state index contributed by atoms with van der Waals surface area (Å²) in [4.78, 5) is 4.73. The Kier molecular flexibility index (Phi) is 4.75. The van der Waals surface area contributed by atoms with Gasteiger partial charge >= 0.3 is 0 Å². The lowest BCUT2D eigenvalue weighted by Gasteiger charge is -2.38. The summed E-state index contributed by atoms with van der Waals surface area (Å²) in [6.45, 7) is 19.4. The lowest BCUT2D eigenvalue weighted by Crippen LogP contribution is -2.49. The molecule has 0 aliphatic heterocycles. The third-order valence-corrected chi connectivity index (χ3v) is 9.80. The molecule has 0 unspecified atom stereocenters. The Morgan fingerprint density at radius 1 is 0.957 bits per heavy atom. The van der Waals surface area contributed by atoms with Crippen LogP contribution in [0, 0.1) is 5.41 Å². The molecule has 124 valence electrons. The van der Waals surface area contributed by atoms with Gasteiger partial charge in [0.1, 0.15) is 8.07 Å². The number of pyridine rings is 1. The first-order chi connectivity index (χ1) is 10.4. The minimum absolute atomic E-state index is 0.201. The van der Waals surface area contributed by atoms with Gasteiger partial charge < -0.3 is 0 Å². The number of fused-ring (bicyclic) bond motifs is 1. The van der Waals surface area contributed by atoms with E-state index in [-0.39, 0.29) is 5.41 Å². The van der Waals surface area contributed by atoms with Gasteiger partial charge in [-0.05, 0) is 16.7 Å². The highest BCUT2D eigenvalue weighted by molar-refractivity contribution is 6.98. The summed E-state index contributed by atoms with van der Waals surface area (Å²) in [5.74, 6) is 0. The quantitative estimate of drug-likeness (QED) is 0.668. The van der Waals surface area contributed by atoms with Gasteiger partial charge in [-0.3, -0.25) is 4.98 Å². The van der Waals surface area contributed by atoms with Crippen molar-refractivity contribution in [3.05, 3.63) is 47.4 Å². The molecule has 0 saturated carbocycles. The number of hydrogen-bond donors (Lipinski definition) is 0. The van der Waals surface area contributed by atoms with E-state index in [1.807, 2.05) is 12.3 Å². The van der Waals surface area contributed by atoms with Crippen molar-refractivity contribution < 1.29 is 0 Å². The molecule has 1 aromatic carbocycles. The maximum atomic E-state index is 4.73. The van der Waals surface area contributed by atoms with E-state index in [1.54, 1.807) is 5.20 Å². The van der Waals surface area contributed by atoms with Crippen molar-refractivity contribution in [1.82, 2.24) is 4.98 Å². The lowest BCUT2D eigenvalue weighted by atomic mass is 9.97. The summed E-state index contributed by atoms with van der Waals surface area (Å²) < 4.78 is 0. The normalized spacial score (nSPS) is 14.3. The molecule has 1 heterocycles. The second kappa shape index (κ2) is 6.02. The van der Waals surface area contributed by atoms with Gasteiger partial charge in [-0.2, -0.15) is 0 Å². The fraction of sp³-hybridized carbons (Fsp3) is 0.450. The molecule has 0 atom stereocenters. The maximum absolute atomic E-state index is 4.73. The predicted molar refractivity (Wildman–Crippen MR) is 110 cm³/mol. The van der Waals surface area contributed by atoms with E-state index in [0.29, 0.717) is 0 Å². The number of rotatable bonds is 3. The Morgan fingerprint density at radius 2 is 1.57 bits per heavy atom. The number of hydrogen-bond acceptors (Lipinski definition) is 1. The van der Waals surface area contributed by atoms with E-state index in [1.165, 1.54) is 16.1 Å². The predicted octanol–water partition coefficient (Wildman–Crippen LogP) is 5.54. The molecule has 1 aromatic heterocycles. The molecule has 0 radical (unpaired) electrons. The molecule has 0 bridgehead atoms. The van der Waals surface area contributed by atoms with Crippen LogP contribution in [0.3, 0.4) is 0 Å². The molecule has 0 spiro atoms. The Morgan fingerprint density at radius 3 is 2.13 bits per heavy atom. The Hall–Kier alpha value is -1.20. The van der Waals surface area contributed by atoms with Crippen LogP contribution in [-0.4, -0.2) is 21.1 Å². The van der Waals surface area contributed by atoms with Gasteiger partial charge in [0.15, 0.2) is 0 Å². The topological polar surface area (TPSA) is 12.9 Å². The zero-order valence-corrected chi connectivity index (χ0v) is 18.0. The summed E-state index contributed by atoms with van der Waals surface area (Å²) in [5.41, 5.74) is 4.05. The van der Waals surface area contributed by atoms with Crippen molar-refractivity contribution in [2.45, 2.75) is 53.5 Å². The summed E-state index contributed by atoms with van der Waals surface area (Å²) >= 11 is 0. The minimum atomic E-state index is -1.79. The first-order valence-corrected chi connectivity index (χ1v) is 15.1. The van der Waals surface area contributed by atoms with E-state index in [9.17, 15) is 0 Å². The van der Waals surface area contributed by atoms with Crippen LogP contribution in [0.5, 0.6) is 0 Å². The monoisotopic (exact) mass is 341 g/mol. The van der Waals surface area contributed by atoms with E-state index in [0.717, 1.165) is 0 Å². The fourth-order valence-corrected chi connectivity index (χ4v) is 11.0. The average molecular weight is 342 g/mol. The maximum Gasteiger partial charge on any atom is 0.110 e. The molecular formula is C20H31NSi2. The Bertz CT molecular complexity index is 726. The van der Waals surface area contributed by atoms with Gasteiger partial charge in [0.25, 0.3) is 0 Å². The number of para-hydroxylation sites is 1. The first-order valence-electron chi connectivity index (χ1n) is 8.51. The number of benzene rings is 1. The largest absolute Gasteiger partial charge is 0.256 e. The van der Waals surface area contributed by atoms with Crippen LogP contribution < -0.4 is 5.19 Å². The van der Waals surface area contributed by atoms with E-state index < -0.39 is 16.1 Å². The number of aromatic nitrogens is 1. The molecular weight excluding hydrogens is 310 g/mol. The van der Waals surface area contributed by atoms with Crippen LogP contribution in [0.1, 0.15) is 20.8 Å². The summed E-state index contributed by atoms with van der Waals surface area (Å²) in [6, 6.07) is 10.9. The molecule has 2 aromatic rings. The van der Waals surface area contributed by atoms with Crippen LogP contribution >= 0.6 is 0 Å². The van der Waals surface area contributed by atoms with Crippen LogP contribution in [0.2, 0.25) is 32.7 Å². The van der Waals surface area contributed by atoms with Crippen LogP contribution in [0.4, 0.5) is 0 Å². The lowest BCUT2D eigenvalue weighted by molar-refractivity contribution is 0.526. The third-order valence-electron chi connectivity index (χ3n) is 4.36. The Labute approximate surface area is 143 Å². The summed E-state index contributed by atoms with van der Waals surface area (Å²) in [7, 11) is -3.07. The van der Waals surface area contributed by atoms with Crippen LogP contribution in [-0.2, 0) is 0 Å². The highest BCUT2D eigenvalue weighted by atomic mass is 28.3. The molecule has 0 amide bonds. The average Bonchev–Trinajstić information content (AvgIpc) is 2.42. The van der Waals surface area contributed by atoms with E-state index in [2.05, 4.69) is 83.5 Å². The van der Waals surface area contributed by atoms with Crippen molar-refractivity contribution in [2.24, 2.45) is 5.41 Å². The molecule has 0 aliphatic carbocycles. The van der Waals surface area contributed by atoms with Gasteiger partial charge in [-0.1, -0.05) is 88.7 Å². The van der Waals surface area contributed by atoms with Crippen molar-refractivity contribution in [2.75, 3.05) is 0 Å². The molecule has 2 rings (SSSR count). The van der Waals surface area contributed by atoms with Gasteiger partial charge in [-0.25, -0.2) is 0 Å². The highest BCUT2D eigenvalue weighted by Crippen LogP contribution is 2.35. The summed E-state index contributed by atoms with van der Waals surface area (Å²) in [5, 5.41) is 4.39. The van der Waals surface area contributed by atoms with Gasteiger partial charge in [-0.15, -0.1) is 0 Å². The second-order valence-electron chi connectivity index (χ2n) is 9.18. The number of allylic oxidation sites excluding steroid dienone is 1. The van der Waals surface area contributed by atoms with E-state index in [4.69, 9.17) is 4.98 Å². The summed E-state index contributed by atoms with van der Waals surface area (Å²) in [6.07, 6.45) is 1.93. The molecule has 3 heteroatoms. The van der Waals surface area contributed by atoms with Crippen molar-refractivity contribution >= 4 is 32.2 Å². The van der Waals surface area contributed by atoms with Gasteiger partial charge in [0, 0.05) is 11.6 Å². The van der Waals surface area contributed by atoms with Gasteiger partial charge in [0.2, 0.25) is 0 Å². The molecule has 0 N–H and O–H groups in total. The molecule has 1 nitrogen and oxygen atoms in total. The molecule has 0 saturated heterocycles. The SMILES string of the molecule is CC(C)(C)/C(=C\[Si](C)(C)C)[Si](C)(C)c1cccc2cccnc12. The van der Waals surface area contributed by atoms with Gasteiger partial charge in [0.05, 0.1) is 13.6 Å². The smallest absolute Gasteiger partial charge is 0.110 e. The standard InChI is InChI=1S/C20H31NSi2/c1-20(2,3)18(15-22(4,5)6)23(7,8)17-13-9-11-16-12-10-14-21-19(16)17/h9-15H,1-8H3/b18-15+. The molecule has 0 fully saturated rings. The third kappa shape index (κ3) is 4.01.